The zero-order valence-electron chi connectivity index (χ0n) is 12.7. The number of benzene rings is 1. The zero-order valence-corrected chi connectivity index (χ0v) is 12.7. The molecule has 5 heteroatoms. The van der Waals surface area contributed by atoms with E-state index in [9.17, 15) is 4.79 Å². The third kappa shape index (κ3) is 5.44. The van der Waals surface area contributed by atoms with Crippen molar-refractivity contribution >= 4 is 6.03 Å². The maximum atomic E-state index is 11.7. The van der Waals surface area contributed by atoms with Crippen LogP contribution in [0.1, 0.15) is 11.3 Å². The first-order valence-corrected chi connectivity index (χ1v) is 7.32. The highest BCUT2D eigenvalue weighted by molar-refractivity contribution is 5.73. The van der Waals surface area contributed by atoms with Gasteiger partial charge in [0.2, 0.25) is 0 Å². The zero-order chi connectivity index (χ0) is 15.6. The Morgan fingerprint density at radius 3 is 2.64 bits per heavy atom. The Hall–Kier alpha value is -2.56. The molecular formula is C17H21N3O2. The van der Waals surface area contributed by atoms with Crippen molar-refractivity contribution in [2.45, 2.75) is 12.8 Å². The molecule has 0 saturated heterocycles. The van der Waals surface area contributed by atoms with Gasteiger partial charge in [-0.3, -0.25) is 4.98 Å². The minimum atomic E-state index is -0.154. The van der Waals surface area contributed by atoms with Gasteiger partial charge in [-0.25, -0.2) is 4.79 Å². The van der Waals surface area contributed by atoms with Gasteiger partial charge >= 0.3 is 6.03 Å². The molecule has 0 bridgehead atoms. The molecule has 2 N–H and O–H groups in total. The lowest BCUT2D eigenvalue weighted by Gasteiger charge is -2.08. The normalized spacial score (nSPS) is 10.0. The second kappa shape index (κ2) is 8.67. The topological polar surface area (TPSA) is 63.2 Å². The van der Waals surface area contributed by atoms with Gasteiger partial charge in [0, 0.05) is 31.4 Å². The molecule has 0 atom stereocenters. The predicted octanol–water partition coefficient (Wildman–Crippen LogP) is 2.17. The van der Waals surface area contributed by atoms with E-state index >= 15 is 0 Å². The lowest BCUT2D eigenvalue weighted by Crippen LogP contribution is -2.37. The predicted molar refractivity (Wildman–Crippen MR) is 86.0 cm³/mol. The molecule has 1 aromatic carbocycles. The van der Waals surface area contributed by atoms with Crippen LogP contribution in [0.4, 0.5) is 4.79 Å². The lowest BCUT2D eigenvalue weighted by atomic mass is 10.1. The van der Waals surface area contributed by atoms with Crippen molar-refractivity contribution in [1.29, 1.82) is 0 Å². The van der Waals surface area contributed by atoms with E-state index in [-0.39, 0.29) is 6.03 Å². The lowest BCUT2D eigenvalue weighted by molar-refractivity contribution is 0.241. The molecule has 0 aliphatic carbocycles. The van der Waals surface area contributed by atoms with Gasteiger partial charge in [-0.05, 0) is 36.2 Å². The second-order valence-electron chi connectivity index (χ2n) is 4.86. The fourth-order valence-electron chi connectivity index (χ4n) is 2.06. The summed E-state index contributed by atoms with van der Waals surface area (Å²) < 4.78 is 5.17. The fraction of sp³-hybridized carbons (Fsp3) is 0.294. The summed E-state index contributed by atoms with van der Waals surface area (Å²) >= 11 is 0. The Morgan fingerprint density at radius 2 is 1.91 bits per heavy atom. The second-order valence-corrected chi connectivity index (χ2v) is 4.86. The Balaban J connectivity index is 1.63. The molecule has 0 unspecified atom stereocenters. The molecule has 5 nitrogen and oxygen atoms in total. The smallest absolute Gasteiger partial charge is 0.314 e. The van der Waals surface area contributed by atoms with Crippen molar-refractivity contribution in [1.82, 2.24) is 15.6 Å². The minimum absolute atomic E-state index is 0.154. The highest BCUT2D eigenvalue weighted by Gasteiger charge is 2.01. The summed E-state index contributed by atoms with van der Waals surface area (Å²) in [5.41, 5.74) is 2.10. The number of methoxy groups -OCH3 is 1. The van der Waals surface area contributed by atoms with Crippen LogP contribution in [-0.2, 0) is 12.8 Å². The molecule has 2 aromatic rings. The molecule has 0 aliphatic heterocycles. The average molecular weight is 299 g/mol. The summed E-state index contributed by atoms with van der Waals surface area (Å²) in [6.07, 6.45) is 3.25. The molecule has 0 fully saturated rings. The van der Waals surface area contributed by atoms with Crippen LogP contribution in [0, 0.1) is 0 Å². The van der Waals surface area contributed by atoms with Gasteiger partial charge in [-0.1, -0.05) is 18.2 Å². The average Bonchev–Trinajstić information content (AvgIpc) is 2.56. The fourth-order valence-corrected chi connectivity index (χ4v) is 2.06. The molecule has 0 aliphatic rings. The van der Waals surface area contributed by atoms with E-state index in [1.54, 1.807) is 13.3 Å². The number of hydrogen-bond acceptors (Lipinski definition) is 3. The summed E-state index contributed by atoms with van der Waals surface area (Å²) in [7, 11) is 1.65. The molecule has 0 saturated carbocycles. The first kappa shape index (κ1) is 15.8. The number of carbonyl (C=O) groups excluding carboxylic acids is 1. The quantitative estimate of drug-likeness (QED) is 0.823. The van der Waals surface area contributed by atoms with E-state index < -0.39 is 0 Å². The largest absolute Gasteiger partial charge is 0.497 e. The molecule has 1 heterocycles. The van der Waals surface area contributed by atoms with Crippen molar-refractivity contribution in [3.8, 4) is 5.75 Å². The van der Waals surface area contributed by atoms with E-state index in [1.165, 1.54) is 0 Å². The summed E-state index contributed by atoms with van der Waals surface area (Å²) in [6.45, 7) is 1.16. The van der Waals surface area contributed by atoms with Crippen molar-refractivity contribution < 1.29 is 9.53 Å². The van der Waals surface area contributed by atoms with Crippen LogP contribution in [0.5, 0.6) is 5.75 Å². The van der Waals surface area contributed by atoms with Crippen LogP contribution >= 0.6 is 0 Å². The highest BCUT2D eigenvalue weighted by Crippen LogP contribution is 2.12. The number of nitrogens with one attached hydrogen (secondary N) is 2. The van der Waals surface area contributed by atoms with Gasteiger partial charge in [0.15, 0.2) is 0 Å². The number of ether oxygens (including phenoxy) is 1. The number of nitrogens with zero attached hydrogens (tertiary/aromatic N) is 1. The maximum Gasteiger partial charge on any atom is 0.314 e. The van der Waals surface area contributed by atoms with Crippen LogP contribution < -0.4 is 15.4 Å². The Labute approximate surface area is 130 Å². The van der Waals surface area contributed by atoms with Crippen molar-refractivity contribution in [2.75, 3.05) is 20.2 Å². The number of hydrogen-bond donors (Lipinski definition) is 2. The van der Waals surface area contributed by atoms with Gasteiger partial charge in [-0.2, -0.15) is 0 Å². The van der Waals surface area contributed by atoms with Crippen LogP contribution in [0.15, 0.2) is 48.7 Å². The summed E-state index contributed by atoms with van der Waals surface area (Å²) in [6, 6.07) is 13.5. The van der Waals surface area contributed by atoms with Crippen LogP contribution in [0.2, 0.25) is 0 Å². The molecule has 2 rings (SSSR count). The first-order chi connectivity index (χ1) is 10.8. The highest BCUT2D eigenvalue weighted by atomic mass is 16.5. The Bertz CT molecular complexity index is 587. The molecule has 0 radical (unpaired) electrons. The number of pyridine rings is 1. The third-order valence-corrected chi connectivity index (χ3v) is 3.23. The molecule has 22 heavy (non-hydrogen) atoms. The molecule has 2 amide bonds. The van der Waals surface area contributed by atoms with E-state index in [0.717, 1.165) is 29.8 Å². The molecular weight excluding hydrogens is 278 g/mol. The van der Waals surface area contributed by atoms with Crippen LogP contribution in [-0.4, -0.2) is 31.2 Å². The van der Waals surface area contributed by atoms with Crippen LogP contribution in [0.25, 0.3) is 0 Å². The van der Waals surface area contributed by atoms with Gasteiger partial charge in [-0.15, -0.1) is 0 Å². The maximum absolute atomic E-state index is 11.7. The van der Waals surface area contributed by atoms with E-state index in [2.05, 4.69) is 15.6 Å². The number of aromatic nitrogens is 1. The number of rotatable bonds is 7. The van der Waals surface area contributed by atoms with Crippen molar-refractivity contribution in [3.05, 3.63) is 59.9 Å². The van der Waals surface area contributed by atoms with E-state index in [1.807, 2.05) is 42.5 Å². The monoisotopic (exact) mass is 299 g/mol. The summed E-state index contributed by atoms with van der Waals surface area (Å²) in [4.78, 5) is 15.9. The van der Waals surface area contributed by atoms with E-state index in [4.69, 9.17) is 4.74 Å². The Kier molecular flexibility index (Phi) is 6.23. The van der Waals surface area contributed by atoms with Crippen molar-refractivity contribution in [2.24, 2.45) is 0 Å². The third-order valence-electron chi connectivity index (χ3n) is 3.23. The first-order valence-electron chi connectivity index (χ1n) is 7.32. The molecule has 116 valence electrons. The molecule has 1 aromatic heterocycles. The Morgan fingerprint density at radius 1 is 1.09 bits per heavy atom. The van der Waals surface area contributed by atoms with Gasteiger partial charge in [0.1, 0.15) is 5.75 Å². The number of amides is 2. The SMILES string of the molecule is COc1cccc(CCNC(=O)NCCc2ccccn2)c1. The van der Waals surface area contributed by atoms with Crippen LogP contribution in [0.3, 0.4) is 0 Å². The van der Waals surface area contributed by atoms with Crippen molar-refractivity contribution in [3.63, 3.8) is 0 Å². The van der Waals surface area contributed by atoms with Gasteiger partial charge in [0.05, 0.1) is 7.11 Å². The van der Waals surface area contributed by atoms with Gasteiger partial charge in [0.25, 0.3) is 0 Å². The van der Waals surface area contributed by atoms with Gasteiger partial charge < -0.3 is 15.4 Å². The number of urea groups is 1. The van der Waals surface area contributed by atoms with E-state index in [0.29, 0.717) is 13.1 Å². The standard InChI is InChI=1S/C17H21N3O2/c1-22-16-7-4-5-14(13-16)8-11-19-17(21)20-12-9-15-6-2-3-10-18-15/h2-7,10,13H,8-9,11-12H2,1H3,(H2,19,20,21). The number of carbonyl (C=O) groups is 1. The molecule has 0 spiro atoms. The summed E-state index contributed by atoms with van der Waals surface area (Å²) in [5.74, 6) is 0.831. The summed E-state index contributed by atoms with van der Waals surface area (Å²) in [5, 5.41) is 5.67. The minimum Gasteiger partial charge on any atom is -0.497 e.